The average molecular weight is 442 g/mol. The molecule has 1 aliphatic heterocycles. The molecule has 2 heterocycles. The molecule has 1 saturated heterocycles. The van der Waals surface area contributed by atoms with Crippen molar-refractivity contribution in [2.75, 3.05) is 31.4 Å². The van der Waals surface area contributed by atoms with Crippen LogP contribution < -0.4 is 10.8 Å². The number of aromatic nitrogens is 2. The van der Waals surface area contributed by atoms with Crippen molar-refractivity contribution in [1.82, 2.24) is 9.55 Å². The minimum Gasteiger partial charge on any atom is -0.481 e. The van der Waals surface area contributed by atoms with E-state index in [0.29, 0.717) is 25.3 Å². The molecule has 2 rings (SSSR count). The van der Waals surface area contributed by atoms with E-state index in [-0.39, 0.29) is 11.4 Å². The SMILES string of the molecule is C=P(C)(C)CC[C@H]1O[C@@H](n2ccc(=N)nc2NCCCCC(C)C(=O)O)[C@H](O)[C@@H]1O. The summed E-state index contributed by atoms with van der Waals surface area (Å²) in [6.45, 7) is 5.19. The van der Waals surface area contributed by atoms with Gasteiger partial charge in [-0.3, -0.25) is 14.8 Å². The fourth-order valence-corrected chi connectivity index (χ4v) is 4.29. The van der Waals surface area contributed by atoms with Gasteiger partial charge in [-0.2, -0.15) is 4.98 Å². The van der Waals surface area contributed by atoms with E-state index in [1.54, 1.807) is 17.7 Å². The monoisotopic (exact) mass is 442 g/mol. The molecule has 9 nitrogen and oxygen atoms in total. The average Bonchev–Trinajstić information content (AvgIpc) is 2.93. The van der Waals surface area contributed by atoms with Crippen LogP contribution >= 0.6 is 6.89 Å². The Morgan fingerprint density at radius 1 is 1.40 bits per heavy atom. The number of unbranched alkanes of at least 4 members (excludes halogenated alkanes) is 1. The Morgan fingerprint density at radius 3 is 2.73 bits per heavy atom. The number of carbonyl (C=O) groups is 1. The molecule has 0 amide bonds. The number of ether oxygens (including phenoxy) is 1. The smallest absolute Gasteiger partial charge is 0.306 e. The van der Waals surface area contributed by atoms with Crippen molar-refractivity contribution in [2.45, 2.75) is 57.1 Å². The Labute approximate surface area is 177 Å². The van der Waals surface area contributed by atoms with Gasteiger partial charge in [0, 0.05) is 12.7 Å². The van der Waals surface area contributed by atoms with Crippen molar-refractivity contribution >= 4 is 25.1 Å². The summed E-state index contributed by atoms with van der Waals surface area (Å²) in [6.07, 6.45) is 5.93. The highest BCUT2D eigenvalue weighted by atomic mass is 31.2. The molecule has 1 aliphatic rings. The van der Waals surface area contributed by atoms with Gasteiger partial charge in [-0.25, -0.2) is 0 Å². The number of aliphatic carboxylic acids is 1. The van der Waals surface area contributed by atoms with Gasteiger partial charge in [-0.05, 0) is 44.8 Å². The van der Waals surface area contributed by atoms with E-state index in [0.717, 1.165) is 19.0 Å². The lowest BCUT2D eigenvalue weighted by Gasteiger charge is -2.22. The fraction of sp³-hybridized carbons (Fsp3) is 0.700. The molecule has 30 heavy (non-hydrogen) atoms. The third kappa shape index (κ3) is 6.94. The zero-order chi connectivity index (χ0) is 22.5. The van der Waals surface area contributed by atoms with Crippen LogP contribution in [0, 0.1) is 11.3 Å². The molecule has 170 valence electrons. The lowest BCUT2D eigenvalue weighted by Crippen LogP contribution is -2.33. The summed E-state index contributed by atoms with van der Waals surface area (Å²) in [5, 5.41) is 40.9. The van der Waals surface area contributed by atoms with E-state index in [2.05, 4.69) is 29.9 Å². The van der Waals surface area contributed by atoms with Crippen molar-refractivity contribution in [3.63, 3.8) is 0 Å². The molecule has 5 N–H and O–H groups in total. The molecule has 5 atom stereocenters. The van der Waals surface area contributed by atoms with E-state index in [4.69, 9.17) is 15.3 Å². The summed E-state index contributed by atoms with van der Waals surface area (Å²) in [6, 6.07) is 1.50. The van der Waals surface area contributed by atoms with E-state index < -0.39 is 37.4 Å². The molecule has 1 unspecified atom stereocenters. The second-order valence-electron chi connectivity index (χ2n) is 8.70. The first kappa shape index (κ1) is 24.6. The normalized spacial score (nSPS) is 25.2. The maximum atomic E-state index is 10.9. The number of carboxylic acid groups (broad SMARTS) is 1. The summed E-state index contributed by atoms with van der Waals surface area (Å²) in [5.41, 5.74) is 0.0708. The number of nitrogens with one attached hydrogen (secondary N) is 2. The molecule has 0 radical (unpaired) electrons. The number of aliphatic hydroxyl groups is 2. The molecule has 1 fully saturated rings. The van der Waals surface area contributed by atoms with Gasteiger partial charge in [0.25, 0.3) is 0 Å². The van der Waals surface area contributed by atoms with Crippen LogP contribution in [0.15, 0.2) is 12.3 Å². The number of rotatable bonds is 11. The molecule has 10 heteroatoms. The molecular weight excluding hydrogens is 407 g/mol. The van der Waals surface area contributed by atoms with Crippen molar-refractivity contribution < 1.29 is 24.9 Å². The van der Waals surface area contributed by atoms with Gasteiger partial charge < -0.3 is 25.4 Å². The molecule has 1 aromatic rings. The molecule has 1 aromatic heterocycles. The zero-order valence-electron chi connectivity index (χ0n) is 18.0. The number of hydrogen-bond donors (Lipinski definition) is 5. The van der Waals surface area contributed by atoms with E-state index >= 15 is 0 Å². The highest BCUT2D eigenvalue weighted by molar-refractivity contribution is 7.72. The van der Waals surface area contributed by atoms with Crippen molar-refractivity contribution in [3.05, 3.63) is 17.8 Å². The van der Waals surface area contributed by atoms with Crippen LogP contribution in [0.1, 0.15) is 38.8 Å². The standard InChI is InChI=1S/C20H35N4O5P/c1-13(19(27)28)7-5-6-10-22-20-23-15(21)8-11-24(20)18-17(26)16(25)14(29-18)9-12-30(2,3)4/h8,11,13-14,16-18,25-26H,2,5-7,9-10,12H2,1,3-4H3,(H,27,28)(H2,21,22,23)/t13?,14-,16-,17-,18-/m1/s1. The van der Waals surface area contributed by atoms with Gasteiger partial charge in [0.1, 0.15) is 17.7 Å². The van der Waals surface area contributed by atoms with Crippen molar-refractivity contribution in [2.24, 2.45) is 5.92 Å². The van der Waals surface area contributed by atoms with E-state index in [1.807, 2.05) is 0 Å². The Hall–Kier alpha value is -1.67. The van der Waals surface area contributed by atoms with Gasteiger partial charge >= 0.3 is 5.97 Å². The van der Waals surface area contributed by atoms with Crippen LogP contribution in [0.3, 0.4) is 0 Å². The summed E-state index contributed by atoms with van der Waals surface area (Å²) in [4.78, 5) is 15.1. The van der Waals surface area contributed by atoms with Crippen LogP contribution in [0.25, 0.3) is 0 Å². The Kier molecular flexibility index (Phi) is 8.67. The van der Waals surface area contributed by atoms with Gasteiger partial charge in [0.05, 0.1) is 12.0 Å². The number of nitrogens with zero attached hydrogens (tertiary/aromatic N) is 2. The largest absolute Gasteiger partial charge is 0.481 e. The van der Waals surface area contributed by atoms with Crippen molar-refractivity contribution in [3.8, 4) is 0 Å². The Bertz CT molecular complexity index is 824. The topological polar surface area (TPSA) is 141 Å². The minimum absolute atomic E-state index is 0.0708. The number of aliphatic hydroxyl groups excluding tert-OH is 2. The number of carboxylic acids is 1. The van der Waals surface area contributed by atoms with Crippen molar-refractivity contribution in [1.29, 1.82) is 5.41 Å². The second kappa shape index (κ2) is 10.6. The summed E-state index contributed by atoms with van der Waals surface area (Å²) < 4.78 is 7.59. The molecule has 0 bridgehead atoms. The number of hydrogen-bond acceptors (Lipinski definition) is 7. The first-order valence-corrected chi connectivity index (χ1v) is 13.3. The van der Waals surface area contributed by atoms with Crippen LogP contribution in [0.4, 0.5) is 5.95 Å². The predicted octanol–water partition coefficient (Wildman–Crippen LogP) is 1.38. The first-order chi connectivity index (χ1) is 14.0. The molecule has 0 aromatic carbocycles. The highest BCUT2D eigenvalue weighted by Gasteiger charge is 2.43. The third-order valence-electron chi connectivity index (χ3n) is 5.26. The summed E-state index contributed by atoms with van der Waals surface area (Å²) in [7, 11) is 0. The van der Waals surface area contributed by atoms with Crippen LogP contribution in [0.5, 0.6) is 0 Å². The zero-order valence-corrected chi connectivity index (χ0v) is 18.9. The molecule has 0 saturated carbocycles. The van der Waals surface area contributed by atoms with Crippen LogP contribution in [0.2, 0.25) is 0 Å². The van der Waals surface area contributed by atoms with Gasteiger partial charge in [0.2, 0.25) is 5.95 Å². The third-order valence-corrected chi connectivity index (χ3v) is 6.73. The molecule has 0 spiro atoms. The van der Waals surface area contributed by atoms with E-state index in [1.165, 1.54) is 6.07 Å². The summed E-state index contributed by atoms with van der Waals surface area (Å²) >= 11 is 0. The van der Waals surface area contributed by atoms with E-state index in [9.17, 15) is 15.0 Å². The quantitative estimate of drug-likeness (QED) is 0.258. The predicted molar refractivity (Wildman–Crippen MR) is 119 cm³/mol. The number of anilines is 1. The lowest BCUT2D eigenvalue weighted by molar-refractivity contribution is -0.141. The van der Waals surface area contributed by atoms with Crippen LogP contribution in [-0.2, 0) is 9.53 Å². The minimum atomic E-state index is -1.27. The fourth-order valence-electron chi connectivity index (χ4n) is 3.34. The Balaban J connectivity index is 2.02. The maximum Gasteiger partial charge on any atom is 0.306 e. The molecular formula is C20H35N4O5P. The van der Waals surface area contributed by atoms with Gasteiger partial charge in [-0.1, -0.05) is 13.3 Å². The summed E-state index contributed by atoms with van der Waals surface area (Å²) in [5.74, 6) is -0.805. The lowest BCUT2D eigenvalue weighted by atomic mass is 10.0. The maximum absolute atomic E-state index is 10.9. The highest BCUT2D eigenvalue weighted by Crippen LogP contribution is 2.39. The van der Waals surface area contributed by atoms with Gasteiger partial charge in [0.15, 0.2) is 6.23 Å². The van der Waals surface area contributed by atoms with Gasteiger partial charge in [-0.15, -0.1) is 13.2 Å². The molecule has 0 aliphatic carbocycles. The second-order valence-corrected chi connectivity index (χ2v) is 13.0. The first-order valence-electron chi connectivity index (χ1n) is 10.3. The Morgan fingerprint density at radius 2 is 2.10 bits per heavy atom. The van der Waals surface area contributed by atoms with Crippen LogP contribution in [-0.4, -0.2) is 81.5 Å².